The third-order valence-corrected chi connectivity index (χ3v) is 11.5. The first-order chi connectivity index (χ1) is 39.4. The molecule has 10 atom stereocenters. The minimum Gasteiger partial charge on any atom is -0.477 e. The number of carboxylic acids is 2. The monoisotopic (exact) mass is 1190 g/mol. The van der Waals surface area contributed by atoms with Crippen LogP contribution in [0.3, 0.4) is 0 Å². The number of nitrogens with zero attached hydrogens (tertiary/aromatic N) is 5. The summed E-state index contributed by atoms with van der Waals surface area (Å²) in [5.41, 5.74) is 22.2. The van der Waals surface area contributed by atoms with E-state index in [2.05, 4.69) is 31.9 Å². The van der Waals surface area contributed by atoms with Crippen LogP contribution < -0.4 is 38.9 Å². The molecule has 83 heavy (non-hydrogen) atoms. The minimum atomic E-state index is -1.87. The highest BCUT2D eigenvalue weighted by Crippen LogP contribution is 2.28. The van der Waals surface area contributed by atoms with Crippen LogP contribution in [0.25, 0.3) is 0 Å². The molecule has 0 aliphatic carbocycles. The van der Waals surface area contributed by atoms with Crippen molar-refractivity contribution in [2.45, 2.75) is 74.6 Å². The Hall–Kier alpha value is -7.53. The van der Waals surface area contributed by atoms with E-state index in [1.807, 2.05) is 0 Å². The number of guanidine groups is 2. The Balaban J connectivity index is 2.10. The van der Waals surface area contributed by atoms with E-state index in [9.17, 15) is 64.2 Å². The molecule has 2 heterocycles. The van der Waals surface area contributed by atoms with Gasteiger partial charge in [0.25, 0.3) is 0 Å². The molecule has 470 valence electrons. The molecule has 0 aromatic heterocycles. The highest BCUT2D eigenvalue weighted by Gasteiger charge is 2.48. The Morgan fingerprint density at radius 1 is 0.614 bits per heavy atom. The molecule has 0 unspecified atom stereocenters. The van der Waals surface area contributed by atoms with E-state index in [1.54, 1.807) is 0 Å². The Bertz CT molecular complexity index is 2110. The van der Waals surface area contributed by atoms with Crippen molar-refractivity contribution in [3.8, 4) is 12.3 Å². The molecule has 0 aromatic rings. The van der Waals surface area contributed by atoms with Gasteiger partial charge in [0.2, 0.25) is 23.3 Å². The number of urea groups is 1. The van der Waals surface area contributed by atoms with Gasteiger partial charge < -0.3 is 132 Å². The molecule has 17 N–H and O–H groups in total. The standard InChI is InChI=1S/C48H80N12O23/c1-6-12-74-18-20-78-22-23-79-21-19-75-13-7-53-46(71)60(10-16-76-14-8-58(4)47(72)82-38(32(65)26-61)40-36(54-28(2)63)30(56-44(49)50)24-34(80-40)42(67)68)11-17-77-15-9-59(5)48(73)83-39(33(66)27-62)41-37(55-29(3)64)31(57-45(51)52)25-35(81-41)43(69)70/h1,24-25,30-33,36-41,61-62,65-66H,7-23,26-27H2,2-5H3,(H,53,71)(H,54,63)(H,55,64)(H,67,68)(H,69,70)(H4,49,50,56)(H4,51,52,57)/t30-,31-,32+,33+,36+,37+,38+,39+,40+,41+/m0/s1. The summed E-state index contributed by atoms with van der Waals surface area (Å²) in [6, 6.07) is -5.73. The van der Waals surface area contributed by atoms with Crippen LogP contribution in [0.15, 0.2) is 33.7 Å². The molecule has 0 radical (unpaired) electrons. The molecule has 35 heteroatoms. The van der Waals surface area contributed by atoms with E-state index in [4.69, 9.17) is 76.7 Å². The summed E-state index contributed by atoms with van der Waals surface area (Å²) < 4.78 is 55.2. The minimum absolute atomic E-state index is 0.0345. The van der Waals surface area contributed by atoms with Crippen molar-refractivity contribution in [1.29, 1.82) is 0 Å². The van der Waals surface area contributed by atoms with Gasteiger partial charge in [-0.25, -0.2) is 34.0 Å². The van der Waals surface area contributed by atoms with Crippen molar-refractivity contribution in [3.63, 3.8) is 0 Å². The first-order valence-corrected chi connectivity index (χ1v) is 25.7. The number of aliphatic hydroxyl groups excluding tert-OH is 4. The SMILES string of the molecule is C#CCOCCOCCOCCOCCNC(=O)N(CCOCCN(C)C(=O)O[C@@H]([C@@H]1OC(C(=O)O)=C[C@H](N=C(N)N)[C@H]1NC(C)=O)[C@H](O)CO)CCOCCN(C)C(=O)O[C@@H]([C@@H]1OC(C(=O)O)=C[C@H](N=C(N)N)[C@H]1NC(C)=O)[C@H](O)CO. The molecule has 2 rings (SSSR count). The number of aliphatic imine (C=N–C) groups is 2. The van der Waals surface area contributed by atoms with Crippen LogP contribution in [0, 0.1) is 12.3 Å². The molecule has 2 aliphatic heterocycles. The number of carboxylic acid groups (broad SMARTS) is 2. The maximum atomic E-state index is 13.4. The maximum absolute atomic E-state index is 13.4. The third kappa shape index (κ3) is 26.9. The fraction of sp³-hybridized carbons (Fsp3) is 0.688. The number of terminal acetylenes is 1. The molecule has 0 saturated heterocycles. The lowest BCUT2D eigenvalue weighted by Gasteiger charge is -2.40. The Morgan fingerprint density at radius 3 is 1.33 bits per heavy atom. The van der Waals surface area contributed by atoms with E-state index >= 15 is 0 Å². The van der Waals surface area contributed by atoms with Gasteiger partial charge in [-0.2, -0.15) is 0 Å². The zero-order valence-corrected chi connectivity index (χ0v) is 46.6. The van der Waals surface area contributed by atoms with Crippen molar-refractivity contribution in [2.24, 2.45) is 32.9 Å². The van der Waals surface area contributed by atoms with Crippen LogP contribution in [0.2, 0.25) is 0 Å². The van der Waals surface area contributed by atoms with Gasteiger partial charge in [0.05, 0.1) is 110 Å². The van der Waals surface area contributed by atoms with Crippen molar-refractivity contribution < 1.29 is 112 Å². The number of hydrogen-bond acceptors (Lipinski definition) is 23. The quantitative estimate of drug-likeness (QED) is 0.0118. The molecule has 0 fully saturated rings. The molecule has 0 spiro atoms. The normalized spacial score (nSPS) is 19.6. The Kier molecular flexibility index (Phi) is 33.7. The van der Waals surface area contributed by atoms with Crippen LogP contribution in [0.4, 0.5) is 14.4 Å². The molecule has 0 aromatic carbocycles. The summed E-state index contributed by atoms with van der Waals surface area (Å²) in [7, 11) is 2.60. The number of carbonyl (C=O) groups is 7. The zero-order chi connectivity index (χ0) is 62.0. The van der Waals surface area contributed by atoms with Gasteiger partial charge in [-0.05, 0) is 12.2 Å². The number of rotatable bonds is 39. The Labute approximate surface area is 478 Å². The van der Waals surface area contributed by atoms with Gasteiger partial charge >= 0.3 is 30.2 Å². The fourth-order valence-corrected chi connectivity index (χ4v) is 7.53. The molecular formula is C48H80N12O23. The lowest BCUT2D eigenvalue weighted by atomic mass is 9.92. The number of likely N-dealkylation sites (N-methyl/N-ethyl adjacent to an activating group) is 2. The average Bonchev–Trinajstić information content (AvgIpc) is 3.62. The Morgan fingerprint density at radius 2 is 0.976 bits per heavy atom. The predicted octanol–water partition coefficient (Wildman–Crippen LogP) is -6.66. The third-order valence-electron chi connectivity index (χ3n) is 11.5. The van der Waals surface area contributed by atoms with Crippen molar-refractivity contribution in [1.82, 2.24) is 30.7 Å². The van der Waals surface area contributed by atoms with Crippen molar-refractivity contribution in [2.75, 3.05) is 139 Å². The van der Waals surface area contributed by atoms with E-state index in [0.717, 1.165) is 35.8 Å². The van der Waals surface area contributed by atoms with Gasteiger partial charge in [-0.3, -0.25) is 9.59 Å². The molecule has 0 saturated carbocycles. The molecule has 2 aliphatic rings. The molecular weight excluding hydrogens is 1110 g/mol. The summed E-state index contributed by atoms with van der Waals surface area (Å²) in [6.45, 7) is 1.60. The largest absolute Gasteiger partial charge is 0.477 e. The smallest absolute Gasteiger partial charge is 0.410 e. The first kappa shape index (κ1) is 71.6. The second-order valence-electron chi connectivity index (χ2n) is 18.0. The van der Waals surface area contributed by atoms with Gasteiger partial charge in [-0.1, -0.05) is 5.92 Å². The second-order valence-corrected chi connectivity index (χ2v) is 18.0. The van der Waals surface area contributed by atoms with E-state index in [0.29, 0.717) is 26.4 Å². The topological polar surface area (TPSA) is 508 Å². The lowest BCUT2D eigenvalue weighted by Crippen LogP contribution is -2.61. The van der Waals surface area contributed by atoms with Crippen LogP contribution in [-0.4, -0.2) is 299 Å². The van der Waals surface area contributed by atoms with Crippen LogP contribution >= 0.6 is 0 Å². The molecule has 6 amide bonds. The average molecular weight is 1190 g/mol. The van der Waals surface area contributed by atoms with Gasteiger partial charge in [0.15, 0.2) is 36.3 Å². The number of carbonyl (C=O) groups excluding carboxylic acids is 5. The number of nitrogens with two attached hydrogens (primary N) is 4. The number of amides is 6. The molecule has 35 nitrogen and oxygen atoms in total. The second kappa shape index (κ2) is 39.0. The summed E-state index contributed by atoms with van der Waals surface area (Å²) in [4.78, 5) is 99.9. The van der Waals surface area contributed by atoms with E-state index in [-0.39, 0.29) is 85.6 Å². The van der Waals surface area contributed by atoms with Crippen molar-refractivity contribution in [3.05, 3.63) is 23.7 Å². The van der Waals surface area contributed by atoms with Gasteiger partial charge in [-0.15, -0.1) is 6.42 Å². The summed E-state index contributed by atoms with van der Waals surface area (Å²) in [5.74, 6) is -4.51. The van der Waals surface area contributed by atoms with Crippen LogP contribution in [0.1, 0.15) is 13.8 Å². The number of ether oxygens (including phenoxy) is 10. The highest BCUT2D eigenvalue weighted by molar-refractivity contribution is 5.86. The number of hydrogen-bond donors (Lipinski definition) is 13. The van der Waals surface area contributed by atoms with Crippen LogP contribution in [-0.2, 0) is 66.5 Å². The summed E-state index contributed by atoms with van der Waals surface area (Å²) in [6.07, 6.45) is -5.70. The van der Waals surface area contributed by atoms with E-state index < -0.39 is 139 Å². The first-order valence-electron chi connectivity index (χ1n) is 25.7. The summed E-state index contributed by atoms with van der Waals surface area (Å²) >= 11 is 0. The van der Waals surface area contributed by atoms with Gasteiger partial charge in [0.1, 0.15) is 18.8 Å². The van der Waals surface area contributed by atoms with Crippen LogP contribution in [0.5, 0.6) is 0 Å². The van der Waals surface area contributed by atoms with E-state index in [1.165, 1.54) is 19.0 Å². The maximum Gasteiger partial charge on any atom is 0.410 e. The van der Waals surface area contributed by atoms with Gasteiger partial charge in [0, 0.05) is 60.7 Å². The predicted molar refractivity (Wildman–Crippen MR) is 286 cm³/mol. The van der Waals surface area contributed by atoms with Crippen molar-refractivity contribution >= 4 is 53.9 Å². The number of nitrogens with one attached hydrogen (secondary N) is 3. The fourth-order valence-electron chi connectivity index (χ4n) is 7.53. The number of aliphatic carboxylic acids is 2. The lowest BCUT2D eigenvalue weighted by molar-refractivity contribution is -0.147. The highest BCUT2D eigenvalue weighted by atomic mass is 16.6. The summed E-state index contributed by atoms with van der Waals surface area (Å²) in [5, 5.41) is 68.6. The zero-order valence-electron chi connectivity index (χ0n) is 46.6. The molecule has 0 bridgehead atoms. The number of aliphatic hydroxyl groups is 4.